The van der Waals surface area contributed by atoms with Crippen LogP contribution in [0.4, 0.5) is 24.0 Å². The molecular formula is C112H150Cl2N8O21. The van der Waals surface area contributed by atoms with Crippen molar-refractivity contribution >= 4 is 76.8 Å². The highest BCUT2D eigenvalue weighted by molar-refractivity contribution is 6.61. The van der Waals surface area contributed by atoms with E-state index in [1.165, 1.54) is 32.1 Å². The molecule has 6 saturated carbocycles. The predicted molar refractivity (Wildman–Crippen MR) is 545 cm³/mol. The van der Waals surface area contributed by atoms with Crippen LogP contribution in [0.1, 0.15) is 219 Å². The van der Waals surface area contributed by atoms with Gasteiger partial charge >= 0.3 is 30.5 Å². The maximum absolute atomic E-state index is 12.3. The number of amides is 5. The Morgan fingerprint density at radius 1 is 0.371 bits per heavy atom. The number of β-amino-alcohol motifs (C(OH)–C–C–N with tert-alkyl or cyclic N) is 1. The van der Waals surface area contributed by atoms with Gasteiger partial charge in [-0.25, -0.2) is 24.0 Å². The van der Waals surface area contributed by atoms with Crippen molar-refractivity contribution in [3.63, 3.8) is 0 Å². The number of nitrogens with zero attached hydrogens (tertiary/aromatic N) is 7. The molecule has 8 saturated heterocycles. The molecule has 31 heteroatoms. The van der Waals surface area contributed by atoms with Gasteiger partial charge in [-0.2, -0.15) is 0 Å². The van der Waals surface area contributed by atoms with Crippen LogP contribution in [0.25, 0.3) is 0 Å². The number of aliphatic hydroxyl groups is 5. The van der Waals surface area contributed by atoms with Crippen molar-refractivity contribution in [1.82, 2.24) is 39.6 Å². The number of Topliss-reactive ketones (excluding diaryl/α,β-unsaturated/α-hetero) is 4. The molecular weight excluding hydrogens is 1860 g/mol. The van der Waals surface area contributed by atoms with Crippen LogP contribution >= 0.6 is 23.2 Å². The summed E-state index contributed by atoms with van der Waals surface area (Å²) in [6.45, 7) is 43.5. The number of aliphatic hydroxyl groups excluding tert-OH is 1. The first-order chi connectivity index (χ1) is 66.4. The molecule has 8 N–H and O–H groups in total. The molecule has 20 rings (SSSR count). The third kappa shape index (κ3) is 29.5. The van der Waals surface area contributed by atoms with Crippen LogP contribution in [0.15, 0.2) is 182 Å². The molecule has 8 aliphatic heterocycles. The number of phenols is 2. The molecule has 6 aromatic carbocycles. The fourth-order valence-corrected chi connectivity index (χ4v) is 23.1. The van der Waals surface area contributed by atoms with Crippen LogP contribution in [0, 0.1) is 32.5 Å². The van der Waals surface area contributed by atoms with E-state index in [0.29, 0.717) is 114 Å². The van der Waals surface area contributed by atoms with Crippen molar-refractivity contribution in [2.75, 3.05) is 118 Å². The van der Waals surface area contributed by atoms with Gasteiger partial charge in [0.25, 0.3) is 0 Å². The molecule has 6 spiro atoms. The molecule has 0 aromatic heterocycles. The lowest BCUT2D eigenvalue weighted by Crippen LogP contribution is -2.74. The van der Waals surface area contributed by atoms with Crippen LogP contribution in [0.5, 0.6) is 11.5 Å². The highest BCUT2D eigenvalue weighted by atomic mass is 35.5. The first kappa shape index (κ1) is 110. The summed E-state index contributed by atoms with van der Waals surface area (Å²) in [6, 6.07) is 53.8. The van der Waals surface area contributed by atoms with Crippen molar-refractivity contribution in [1.29, 1.82) is 0 Å². The van der Waals surface area contributed by atoms with Crippen LogP contribution in [0.2, 0.25) is 0 Å². The molecule has 6 aliphatic carbocycles. The molecule has 29 nitrogen and oxygen atoms in total. The number of benzene rings is 6. The van der Waals surface area contributed by atoms with Crippen LogP contribution in [-0.2, 0) is 63.8 Å². The van der Waals surface area contributed by atoms with E-state index in [0.717, 1.165) is 115 Å². The normalized spacial score (nSPS) is 22.6. The van der Waals surface area contributed by atoms with Gasteiger partial charge < -0.3 is 84.3 Å². The van der Waals surface area contributed by atoms with E-state index in [1.807, 2.05) is 135 Å². The number of alkyl halides is 2. The van der Waals surface area contributed by atoms with Gasteiger partial charge in [0.2, 0.25) is 0 Å². The molecule has 0 bridgehead atoms. The third-order valence-electron chi connectivity index (χ3n) is 28.2. The number of aromatic hydroxyl groups is 2. The lowest BCUT2D eigenvalue weighted by molar-refractivity contribution is -0.192. The van der Waals surface area contributed by atoms with Crippen molar-refractivity contribution in [2.45, 2.75) is 261 Å². The average molecular weight is 2020 g/mol. The zero-order valence-electron chi connectivity index (χ0n) is 86.0. The minimum Gasteiger partial charge on any atom is -0.508 e. The Balaban J connectivity index is 0.000000139. The Labute approximate surface area is 852 Å². The summed E-state index contributed by atoms with van der Waals surface area (Å²) in [6.07, 6.45) is 9.35. The minimum atomic E-state index is -1.33. The Morgan fingerprint density at radius 2 is 0.664 bits per heavy atom. The van der Waals surface area contributed by atoms with E-state index in [2.05, 4.69) is 70.2 Å². The molecule has 778 valence electrons. The molecule has 5 amide bonds. The summed E-state index contributed by atoms with van der Waals surface area (Å²) < 4.78 is 24.7. The van der Waals surface area contributed by atoms with Gasteiger partial charge in [-0.3, -0.25) is 33.9 Å². The maximum atomic E-state index is 12.3. The van der Waals surface area contributed by atoms with E-state index >= 15 is 0 Å². The second-order valence-corrected chi connectivity index (χ2v) is 50.1. The van der Waals surface area contributed by atoms with Gasteiger partial charge in [0.1, 0.15) is 45.3 Å². The number of carbonyl (C=O) groups is 9. The van der Waals surface area contributed by atoms with Crippen molar-refractivity contribution in [3.05, 3.63) is 215 Å². The second kappa shape index (κ2) is 42.4. The van der Waals surface area contributed by atoms with Gasteiger partial charge in [0, 0.05) is 176 Å². The van der Waals surface area contributed by atoms with E-state index in [9.17, 15) is 78.9 Å². The van der Waals surface area contributed by atoms with Crippen LogP contribution in [0.3, 0.4) is 0 Å². The van der Waals surface area contributed by atoms with Gasteiger partial charge in [0.05, 0.1) is 53.6 Å². The SMILES string of the molecule is C=C1CN(C(=O)OC(C)(C)C)C1.CC(C)(C)OC(=O)N1CC(=O)C1.CC(C)(C)OC(=O)N1CC2(C1)CC(O)(Cc1ccccc1)C2.CC(C)(C)OC(=O)N1CC2(CC(=O)C2(Cl)Cl)C1.CC(C)(C)OC(=O)N1CC2(CC(=O)C2)C1.O=C(CN1CC2(C1)CC(O)(Cc1ccccc1)C2)c1ccc(O)cc1.OC1(Cc2ccccc2)CC2(CNC2)C1.Oc1ccc(C(O)CN2CC3(C2)CC(O)(Cc2ccccc2)C3)cc1. The highest BCUT2D eigenvalue weighted by Crippen LogP contribution is 2.61. The Bertz CT molecular complexity index is 5380. The number of nitrogens with one attached hydrogen (secondary N) is 1. The number of likely N-dealkylation sites (tertiary alicyclic amines) is 7. The quantitative estimate of drug-likeness (QED) is 0.0217. The molecule has 6 aromatic rings. The number of ether oxygens (including phenoxy) is 5. The lowest BCUT2D eigenvalue weighted by Gasteiger charge is -2.63. The summed E-state index contributed by atoms with van der Waals surface area (Å²) in [7, 11) is 0. The smallest absolute Gasteiger partial charge is 0.411 e. The first-order valence-electron chi connectivity index (χ1n) is 49.9. The van der Waals surface area contributed by atoms with Crippen molar-refractivity contribution in [2.24, 2.45) is 32.5 Å². The number of hydrogen-bond donors (Lipinski definition) is 8. The largest absolute Gasteiger partial charge is 0.508 e. The summed E-state index contributed by atoms with van der Waals surface area (Å²) in [5, 5.41) is 74.7. The Kier molecular flexibility index (Phi) is 32.7. The predicted octanol–water partition coefficient (Wildman–Crippen LogP) is 16.0. The van der Waals surface area contributed by atoms with E-state index in [-0.39, 0.29) is 88.0 Å². The summed E-state index contributed by atoms with van der Waals surface area (Å²) in [4.78, 5) is 115. The number of hydrogen-bond acceptors (Lipinski definition) is 24. The topological polar surface area (TPSA) is 376 Å². The lowest BCUT2D eigenvalue weighted by atomic mass is 9.54. The fraction of sp³-hybridized carbons (Fsp3) is 0.580. The van der Waals surface area contributed by atoms with Gasteiger partial charge in [0.15, 0.2) is 21.7 Å². The van der Waals surface area contributed by atoms with Crippen molar-refractivity contribution in [3.8, 4) is 11.5 Å². The highest BCUT2D eigenvalue weighted by Gasteiger charge is 2.71. The molecule has 14 fully saturated rings. The molecule has 143 heavy (non-hydrogen) atoms. The summed E-state index contributed by atoms with van der Waals surface area (Å²) >= 11 is 11.9. The number of carbonyl (C=O) groups excluding carboxylic acids is 9. The van der Waals surface area contributed by atoms with Crippen molar-refractivity contribution < 1.29 is 103 Å². The minimum absolute atomic E-state index is 0.0775. The molecule has 0 radical (unpaired) electrons. The Hall–Kier alpha value is -10.1. The van der Waals surface area contributed by atoms with E-state index in [4.69, 9.17) is 46.9 Å². The van der Waals surface area contributed by atoms with E-state index < -0.39 is 72.4 Å². The van der Waals surface area contributed by atoms with Crippen LogP contribution in [-0.4, -0.2) is 296 Å². The molecule has 14 aliphatic rings. The number of rotatable bonds is 14. The zero-order chi connectivity index (χ0) is 104. The monoisotopic (exact) mass is 2010 g/mol. The number of ketones is 4. The second-order valence-electron chi connectivity index (χ2n) is 48.8. The van der Waals surface area contributed by atoms with Gasteiger partial charge in [-0.05, 0) is 225 Å². The maximum Gasteiger partial charge on any atom is 0.411 e. The third-order valence-corrected chi connectivity index (χ3v) is 29.4. The van der Waals surface area contributed by atoms with E-state index in [1.54, 1.807) is 105 Å². The standard InChI is InChI=1S/C21H25NO3.C21H23NO3.C18H25NO3.C13H17NO.C11H15Cl2NO3.C11H17NO3.C9H15NO2.C8H13NO3/c2*23-18-8-6-17(7-9-18)19(24)11-22-14-20(15-22)12-21(25,13-20)10-16-4-2-1-3-5-16;1-16(2,3)22-15(20)19-12-17(13-19)10-18(21,11-17)9-14-7-5-4-6-8-14;15-13(6-11-4-2-1-3-5-11)7-12(8-13)9-14-10-12;1-9(2,3)17-8(16)14-5-10(6-14)4-7(15)11(10,12)13;1-10(2,3)15-9(14)12-6-11(7-12)4-8(13)5-11;1-7-5-10(6-7)8(11)12-9(2,3)4;1-8(2,3)12-7(11)9-4-6(10)5-9/h1-9,19,23-25H,10-15H2;1-9,23,25H,10-15H2;4-8,21H,9-13H2,1-3H3;1-5,14-15H,6-10H2;4-6H2,1-3H3;4-7H2,1-3H3;1,5-6H2,2-4H3;4-5H2,1-3H3. The zero-order valence-corrected chi connectivity index (χ0v) is 87.5. The summed E-state index contributed by atoms with van der Waals surface area (Å²) in [5.41, 5.74) is 3.52. The number of phenolic OH excluding ortho intramolecular Hbond substituents is 2. The van der Waals surface area contributed by atoms with Crippen LogP contribution < -0.4 is 5.32 Å². The molecule has 1 atom stereocenters. The van der Waals surface area contributed by atoms with Gasteiger partial charge in [-0.1, -0.05) is 163 Å². The average Bonchev–Trinajstić information content (AvgIpc) is 0.690. The molecule has 1 unspecified atom stereocenters. The summed E-state index contributed by atoms with van der Waals surface area (Å²) in [5.74, 6) is 0.704. The Morgan fingerprint density at radius 3 is 0.958 bits per heavy atom. The van der Waals surface area contributed by atoms with Gasteiger partial charge in [-0.15, -0.1) is 0 Å². The first-order valence-corrected chi connectivity index (χ1v) is 50.7. The fourth-order valence-electron chi connectivity index (χ4n) is 22.6. The molecule has 8 heterocycles. The number of halogens is 2.